The van der Waals surface area contributed by atoms with Crippen LogP contribution in [0.1, 0.15) is 31.9 Å². The summed E-state index contributed by atoms with van der Waals surface area (Å²) in [5.41, 5.74) is -1.94. The second kappa shape index (κ2) is 7.69. The van der Waals surface area contributed by atoms with E-state index < -0.39 is 64.9 Å². The van der Waals surface area contributed by atoms with Crippen molar-refractivity contribution in [2.45, 2.75) is 34.0 Å². The Hall–Kier alpha value is -2.40. The Balaban J connectivity index is 2.18. The second-order valence-corrected chi connectivity index (χ2v) is 7.04. The molecule has 0 aliphatic heterocycles. The van der Waals surface area contributed by atoms with Gasteiger partial charge in [0.15, 0.2) is 23.3 Å². The third-order valence-corrected chi connectivity index (χ3v) is 4.86. The summed E-state index contributed by atoms with van der Waals surface area (Å²) in [5.74, 6) is -8.06. The average molecular weight is 385 g/mol. The van der Waals surface area contributed by atoms with E-state index in [-0.39, 0.29) is 5.92 Å². The predicted octanol–water partition coefficient (Wildman–Crippen LogP) is 4.17. The molecule has 146 valence electrons. The lowest BCUT2D eigenvalue weighted by molar-refractivity contribution is -0.147. The summed E-state index contributed by atoms with van der Waals surface area (Å²) in [5, 5.41) is 8.83. The van der Waals surface area contributed by atoms with Gasteiger partial charge in [-0.05, 0) is 18.3 Å². The quantitative estimate of drug-likeness (QED) is 0.319. The molecular formula is C19H19F4NO3. The molecule has 2 rings (SSSR count). The summed E-state index contributed by atoms with van der Waals surface area (Å²) in [6, 6.07) is 1.95. The van der Waals surface area contributed by atoms with Crippen molar-refractivity contribution < 1.29 is 31.8 Å². The minimum absolute atomic E-state index is 0.267. The zero-order chi connectivity index (χ0) is 20.5. The maximum absolute atomic E-state index is 14.1. The Morgan fingerprint density at radius 2 is 1.59 bits per heavy atom. The fourth-order valence-corrected chi connectivity index (χ4v) is 3.10. The van der Waals surface area contributed by atoms with Crippen LogP contribution in [0.3, 0.4) is 0 Å². The number of allylic oxidation sites excluding steroid dienone is 2. The van der Waals surface area contributed by atoms with E-state index in [1.54, 1.807) is 26.8 Å². The number of nitrogens with zero attached hydrogens (tertiary/aromatic N) is 1. The Morgan fingerprint density at radius 1 is 1.11 bits per heavy atom. The van der Waals surface area contributed by atoms with E-state index in [9.17, 15) is 22.4 Å². The van der Waals surface area contributed by atoms with Crippen molar-refractivity contribution in [3.63, 3.8) is 0 Å². The molecule has 1 aliphatic rings. The molecule has 8 heteroatoms. The molecule has 1 saturated carbocycles. The Bertz CT molecular complexity index is 813. The van der Waals surface area contributed by atoms with Gasteiger partial charge in [-0.2, -0.15) is 5.26 Å². The molecular weight excluding hydrogens is 366 g/mol. The number of carbonyl (C=O) groups is 1. The predicted molar refractivity (Wildman–Crippen MR) is 86.9 cm³/mol. The monoisotopic (exact) mass is 385 g/mol. The molecule has 0 amide bonds. The number of rotatable bonds is 6. The first-order valence-electron chi connectivity index (χ1n) is 8.15. The van der Waals surface area contributed by atoms with Gasteiger partial charge in [-0.25, -0.2) is 17.6 Å². The van der Waals surface area contributed by atoms with Gasteiger partial charge in [0.2, 0.25) is 0 Å². The molecule has 1 aromatic carbocycles. The molecule has 0 radical (unpaired) electrons. The lowest BCUT2D eigenvalue weighted by atomic mass is 10.1. The van der Waals surface area contributed by atoms with Gasteiger partial charge in [-0.1, -0.05) is 19.9 Å². The highest BCUT2D eigenvalue weighted by molar-refractivity contribution is 5.78. The molecule has 0 heterocycles. The number of methoxy groups -OCH3 is 1. The van der Waals surface area contributed by atoms with Gasteiger partial charge in [0.05, 0.1) is 29.7 Å². The molecule has 4 nitrogen and oxygen atoms in total. The van der Waals surface area contributed by atoms with Gasteiger partial charge in [0.25, 0.3) is 0 Å². The Kier molecular flexibility index (Phi) is 5.95. The number of halogens is 4. The largest absolute Gasteiger partial charge is 0.460 e. The van der Waals surface area contributed by atoms with Crippen LogP contribution < -0.4 is 0 Å². The Morgan fingerprint density at radius 3 is 2.04 bits per heavy atom. The van der Waals surface area contributed by atoms with E-state index in [0.717, 1.165) is 7.11 Å². The van der Waals surface area contributed by atoms with Crippen molar-refractivity contribution in [3.05, 3.63) is 46.0 Å². The Labute approximate surface area is 154 Å². The molecule has 0 aromatic heterocycles. The van der Waals surface area contributed by atoms with Crippen molar-refractivity contribution in [1.29, 1.82) is 5.26 Å². The van der Waals surface area contributed by atoms with Crippen LogP contribution in [0.4, 0.5) is 17.6 Å². The highest BCUT2D eigenvalue weighted by Crippen LogP contribution is 2.59. The summed E-state index contributed by atoms with van der Waals surface area (Å²) >= 11 is 0. The summed E-state index contributed by atoms with van der Waals surface area (Å²) in [6.07, 6.45) is 1.63. The van der Waals surface area contributed by atoms with Gasteiger partial charge < -0.3 is 9.47 Å². The van der Waals surface area contributed by atoms with Gasteiger partial charge in [0.1, 0.15) is 6.61 Å². The standard InChI is InChI=1S/C19H19F4NO3/c1-9(6-24)5-12-13(19(12,2)3)18(25)27-8-11-16(22)14(20)10(7-26-4)15(21)17(11)23/h5,12-13H,7-8H2,1-4H3/t12-,13+/m1/s1. The van der Waals surface area contributed by atoms with E-state index >= 15 is 0 Å². The van der Waals surface area contributed by atoms with Crippen molar-refractivity contribution in [3.8, 4) is 6.07 Å². The lowest BCUT2D eigenvalue weighted by Gasteiger charge is -2.12. The van der Waals surface area contributed by atoms with Crippen LogP contribution in [0.5, 0.6) is 0 Å². The third-order valence-electron chi connectivity index (χ3n) is 4.86. The SMILES string of the molecule is COCc1c(F)c(F)c(COC(=O)[C@@H]2[C@@H](C=C(C)C#N)C2(C)C)c(F)c1F. The summed E-state index contributed by atoms with van der Waals surface area (Å²) in [4.78, 5) is 12.2. The summed E-state index contributed by atoms with van der Waals surface area (Å²) < 4.78 is 65.4. The van der Waals surface area contributed by atoms with Crippen LogP contribution in [0, 0.1) is 51.9 Å². The van der Waals surface area contributed by atoms with Crippen LogP contribution in [-0.2, 0) is 27.5 Å². The van der Waals surface area contributed by atoms with Crippen LogP contribution >= 0.6 is 0 Å². The maximum atomic E-state index is 14.1. The maximum Gasteiger partial charge on any atom is 0.310 e. The number of hydrogen-bond acceptors (Lipinski definition) is 4. The van der Waals surface area contributed by atoms with Crippen molar-refractivity contribution in [2.75, 3.05) is 7.11 Å². The highest BCUT2D eigenvalue weighted by Gasteiger charge is 2.61. The molecule has 0 bridgehead atoms. The van der Waals surface area contributed by atoms with E-state index in [4.69, 9.17) is 10.00 Å². The summed E-state index contributed by atoms with van der Waals surface area (Å²) in [6.45, 7) is 3.57. The summed E-state index contributed by atoms with van der Waals surface area (Å²) in [7, 11) is 1.13. The zero-order valence-electron chi connectivity index (χ0n) is 15.3. The van der Waals surface area contributed by atoms with E-state index in [2.05, 4.69) is 4.74 Å². The normalized spacial score (nSPS) is 20.9. The van der Waals surface area contributed by atoms with Gasteiger partial charge in [0, 0.05) is 12.7 Å². The minimum atomic E-state index is -1.62. The van der Waals surface area contributed by atoms with Crippen molar-refractivity contribution >= 4 is 5.97 Å². The van der Waals surface area contributed by atoms with Crippen LogP contribution in [0.2, 0.25) is 0 Å². The van der Waals surface area contributed by atoms with Gasteiger partial charge in [-0.15, -0.1) is 0 Å². The second-order valence-electron chi connectivity index (χ2n) is 7.04. The number of hydrogen-bond donors (Lipinski definition) is 0. The molecule has 27 heavy (non-hydrogen) atoms. The highest BCUT2D eigenvalue weighted by atomic mass is 19.2. The van der Waals surface area contributed by atoms with Crippen molar-refractivity contribution in [2.24, 2.45) is 17.3 Å². The number of benzene rings is 1. The van der Waals surface area contributed by atoms with E-state index in [1.807, 2.05) is 6.07 Å². The smallest absolute Gasteiger partial charge is 0.310 e. The van der Waals surface area contributed by atoms with Crippen LogP contribution in [0.15, 0.2) is 11.6 Å². The third kappa shape index (κ3) is 3.83. The number of carbonyl (C=O) groups excluding carboxylic acids is 1. The molecule has 2 atom stereocenters. The van der Waals surface area contributed by atoms with Crippen LogP contribution in [0.25, 0.3) is 0 Å². The number of ether oxygens (including phenoxy) is 2. The molecule has 1 aromatic rings. The minimum Gasteiger partial charge on any atom is -0.460 e. The molecule has 1 fully saturated rings. The van der Waals surface area contributed by atoms with Crippen LogP contribution in [-0.4, -0.2) is 13.1 Å². The molecule has 0 saturated heterocycles. The number of nitriles is 1. The molecule has 0 spiro atoms. The first-order valence-corrected chi connectivity index (χ1v) is 8.15. The zero-order valence-corrected chi connectivity index (χ0v) is 15.3. The lowest BCUT2D eigenvalue weighted by Crippen LogP contribution is -2.15. The first-order chi connectivity index (χ1) is 12.6. The van der Waals surface area contributed by atoms with Gasteiger partial charge >= 0.3 is 5.97 Å². The molecule has 1 aliphatic carbocycles. The fraction of sp³-hybridized carbons (Fsp3) is 0.474. The average Bonchev–Trinajstić information content (AvgIpc) is 3.16. The first kappa shape index (κ1) is 20.9. The van der Waals surface area contributed by atoms with Gasteiger partial charge in [-0.3, -0.25) is 4.79 Å². The van der Waals surface area contributed by atoms with Crippen molar-refractivity contribution in [1.82, 2.24) is 0 Å². The number of esters is 1. The molecule has 0 unspecified atom stereocenters. The topological polar surface area (TPSA) is 59.3 Å². The fourth-order valence-electron chi connectivity index (χ4n) is 3.10. The van der Waals surface area contributed by atoms with E-state index in [1.165, 1.54) is 0 Å². The van der Waals surface area contributed by atoms with E-state index in [0.29, 0.717) is 5.57 Å². The molecule has 0 N–H and O–H groups in total.